The van der Waals surface area contributed by atoms with Gasteiger partial charge in [0.15, 0.2) is 0 Å². The van der Waals surface area contributed by atoms with Gasteiger partial charge in [-0.15, -0.1) is 0 Å². The summed E-state index contributed by atoms with van der Waals surface area (Å²) in [5.74, 6) is -2.05. The molecule has 176 valence electrons. The lowest BCUT2D eigenvalue weighted by Gasteiger charge is -2.16. The molecule has 1 heterocycles. The summed E-state index contributed by atoms with van der Waals surface area (Å²) in [4.78, 5) is 30.2. The van der Waals surface area contributed by atoms with Gasteiger partial charge in [-0.25, -0.2) is 9.78 Å². The second-order valence-corrected chi connectivity index (χ2v) is 8.03. The van der Waals surface area contributed by atoms with E-state index in [0.29, 0.717) is 31.5 Å². The molecular weight excluding hydrogens is 433 g/mol. The maximum absolute atomic E-state index is 12.6. The van der Waals surface area contributed by atoms with Gasteiger partial charge in [0, 0.05) is 18.4 Å². The van der Waals surface area contributed by atoms with Crippen molar-refractivity contribution < 1.29 is 27.5 Å². The van der Waals surface area contributed by atoms with E-state index in [1.165, 1.54) is 0 Å². The number of aromatic nitrogens is 2. The van der Waals surface area contributed by atoms with Gasteiger partial charge in [0.1, 0.15) is 18.2 Å². The van der Waals surface area contributed by atoms with Crippen LogP contribution in [0.1, 0.15) is 57.2 Å². The quantitative estimate of drug-likeness (QED) is 0.267. The molecule has 0 aliphatic rings. The second kappa shape index (κ2) is 11.1. The van der Waals surface area contributed by atoms with Crippen molar-refractivity contribution in [2.45, 2.75) is 57.5 Å². The molecule has 0 saturated heterocycles. The molecule has 0 saturated carbocycles. The van der Waals surface area contributed by atoms with Crippen molar-refractivity contribution in [1.82, 2.24) is 9.97 Å². The number of carbonyl (C=O) groups excluding carboxylic acids is 2. The Balaban J connectivity index is 1.71. The van der Waals surface area contributed by atoms with Gasteiger partial charge in [-0.2, -0.15) is 13.2 Å². The topological polar surface area (TPSA) is 72.1 Å². The summed E-state index contributed by atoms with van der Waals surface area (Å²) in [5.41, 5.74) is 1.63. The number of alkyl halides is 3. The number of rotatable bonds is 11. The molecule has 0 spiro atoms. The number of nitrogens with one attached hydrogen (secondary N) is 1. The molecule has 0 aliphatic heterocycles. The van der Waals surface area contributed by atoms with Gasteiger partial charge in [-0.1, -0.05) is 56.2 Å². The molecule has 1 N–H and O–H groups in total. The van der Waals surface area contributed by atoms with Crippen LogP contribution in [0.2, 0.25) is 0 Å². The summed E-state index contributed by atoms with van der Waals surface area (Å²) >= 11 is 0. The van der Waals surface area contributed by atoms with Crippen LogP contribution in [0.4, 0.5) is 13.2 Å². The van der Waals surface area contributed by atoms with E-state index in [1.54, 1.807) is 6.20 Å². The monoisotopic (exact) mass is 460 g/mol. The number of ketones is 1. The standard InChI is InChI=1S/C25H27F3N2O3/c1-2-21(31)11-5-3-4-10-20(16-33-24(32)25(26,27)28)23-29-15-22(30-23)19-13-12-17-8-6-7-9-18(17)14-19/h6-9,12-15,20H,2-5,10-11,16H2,1H3,(H,29,30). The molecule has 0 bridgehead atoms. The molecule has 33 heavy (non-hydrogen) atoms. The first kappa shape index (κ1) is 24.5. The zero-order valence-electron chi connectivity index (χ0n) is 18.5. The second-order valence-electron chi connectivity index (χ2n) is 8.03. The Hall–Kier alpha value is -3.16. The van der Waals surface area contributed by atoms with E-state index in [0.717, 1.165) is 34.9 Å². The highest BCUT2D eigenvalue weighted by Crippen LogP contribution is 2.28. The van der Waals surface area contributed by atoms with Crippen LogP contribution in [0.5, 0.6) is 0 Å². The molecule has 3 aromatic rings. The summed E-state index contributed by atoms with van der Waals surface area (Å²) in [5, 5.41) is 2.16. The molecule has 0 fully saturated rings. The van der Waals surface area contributed by atoms with Gasteiger partial charge >= 0.3 is 12.1 Å². The Kier molecular flexibility index (Phi) is 8.25. The molecule has 1 atom stereocenters. The number of hydrogen-bond donors (Lipinski definition) is 1. The summed E-state index contributed by atoms with van der Waals surface area (Å²) in [6.45, 7) is 1.40. The van der Waals surface area contributed by atoms with Crippen molar-refractivity contribution in [3.63, 3.8) is 0 Å². The number of hydrogen-bond acceptors (Lipinski definition) is 4. The van der Waals surface area contributed by atoms with Crippen LogP contribution in [0.3, 0.4) is 0 Å². The predicted octanol–water partition coefficient (Wildman–Crippen LogP) is 6.35. The highest BCUT2D eigenvalue weighted by Gasteiger charge is 2.41. The van der Waals surface area contributed by atoms with Crippen LogP contribution in [0, 0.1) is 0 Å². The Morgan fingerprint density at radius 1 is 1.06 bits per heavy atom. The molecular formula is C25H27F3N2O3. The van der Waals surface area contributed by atoms with E-state index in [9.17, 15) is 22.8 Å². The Labute approximate surface area is 190 Å². The number of Topliss-reactive ketones (excluding diaryl/α,β-unsaturated/α-hetero) is 1. The third kappa shape index (κ3) is 6.91. The Bertz CT molecular complexity index is 1090. The first-order valence-corrected chi connectivity index (χ1v) is 11.1. The number of carbonyl (C=O) groups is 2. The van der Waals surface area contributed by atoms with Crippen LogP contribution < -0.4 is 0 Å². The van der Waals surface area contributed by atoms with E-state index < -0.39 is 24.7 Å². The van der Waals surface area contributed by atoms with Crippen LogP contribution in [0.25, 0.3) is 22.0 Å². The minimum absolute atomic E-state index is 0.191. The molecule has 0 amide bonds. The number of H-pyrrole nitrogens is 1. The Morgan fingerprint density at radius 2 is 1.82 bits per heavy atom. The van der Waals surface area contributed by atoms with E-state index in [4.69, 9.17) is 0 Å². The SMILES string of the molecule is CCC(=O)CCCCCC(COC(=O)C(F)(F)F)c1ncc(-c2ccc3ccccc3c2)[nH]1. The van der Waals surface area contributed by atoms with Gasteiger partial charge in [0.2, 0.25) is 0 Å². The number of esters is 1. The summed E-state index contributed by atoms with van der Waals surface area (Å²) in [7, 11) is 0. The van der Waals surface area contributed by atoms with E-state index >= 15 is 0 Å². The number of aromatic amines is 1. The molecule has 2 aromatic carbocycles. The average Bonchev–Trinajstić information content (AvgIpc) is 3.29. The Morgan fingerprint density at radius 3 is 2.55 bits per heavy atom. The maximum Gasteiger partial charge on any atom is 0.490 e. The zero-order chi connectivity index (χ0) is 23.8. The fraction of sp³-hybridized carbons (Fsp3) is 0.400. The fourth-order valence-corrected chi connectivity index (χ4v) is 3.67. The third-order valence-electron chi connectivity index (χ3n) is 5.59. The lowest BCUT2D eigenvalue weighted by atomic mass is 10.00. The zero-order valence-corrected chi connectivity index (χ0v) is 18.5. The third-order valence-corrected chi connectivity index (χ3v) is 5.59. The highest BCUT2D eigenvalue weighted by atomic mass is 19.4. The lowest BCUT2D eigenvalue weighted by Crippen LogP contribution is -2.27. The van der Waals surface area contributed by atoms with Crippen molar-refractivity contribution in [2.75, 3.05) is 6.61 Å². The molecule has 0 aliphatic carbocycles. The smallest absolute Gasteiger partial charge is 0.458 e. The number of imidazole rings is 1. The van der Waals surface area contributed by atoms with Crippen molar-refractivity contribution in [1.29, 1.82) is 0 Å². The summed E-state index contributed by atoms with van der Waals surface area (Å²) < 4.78 is 42.3. The van der Waals surface area contributed by atoms with Gasteiger partial charge in [0.25, 0.3) is 0 Å². The molecule has 1 unspecified atom stereocenters. The highest BCUT2D eigenvalue weighted by molar-refractivity contribution is 5.86. The first-order chi connectivity index (χ1) is 15.8. The normalized spacial score (nSPS) is 12.6. The first-order valence-electron chi connectivity index (χ1n) is 11.1. The van der Waals surface area contributed by atoms with Crippen LogP contribution in [0.15, 0.2) is 48.7 Å². The molecule has 0 radical (unpaired) electrons. The fourth-order valence-electron chi connectivity index (χ4n) is 3.67. The molecule has 8 heteroatoms. The average molecular weight is 460 g/mol. The van der Waals surface area contributed by atoms with Crippen LogP contribution in [-0.2, 0) is 14.3 Å². The minimum Gasteiger partial charge on any atom is -0.458 e. The van der Waals surface area contributed by atoms with Crippen molar-refractivity contribution >= 4 is 22.5 Å². The minimum atomic E-state index is -5.04. The van der Waals surface area contributed by atoms with Gasteiger partial charge in [0.05, 0.1) is 17.8 Å². The molecule has 1 aromatic heterocycles. The summed E-state index contributed by atoms with van der Waals surface area (Å²) in [6, 6.07) is 13.9. The van der Waals surface area contributed by atoms with Gasteiger partial charge in [-0.05, 0) is 29.7 Å². The lowest BCUT2D eigenvalue weighted by molar-refractivity contribution is -0.200. The number of halogens is 3. The number of ether oxygens (including phenoxy) is 1. The van der Waals surface area contributed by atoms with E-state index in [2.05, 4.69) is 14.7 Å². The number of benzene rings is 2. The van der Waals surface area contributed by atoms with E-state index in [1.807, 2.05) is 49.4 Å². The van der Waals surface area contributed by atoms with Crippen LogP contribution in [-0.4, -0.2) is 34.5 Å². The largest absolute Gasteiger partial charge is 0.490 e. The van der Waals surface area contributed by atoms with E-state index in [-0.39, 0.29) is 5.78 Å². The van der Waals surface area contributed by atoms with Crippen molar-refractivity contribution in [2.24, 2.45) is 0 Å². The molecule has 3 rings (SSSR count). The molecule has 5 nitrogen and oxygen atoms in total. The van der Waals surface area contributed by atoms with Gasteiger partial charge < -0.3 is 9.72 Å². The van der Waals surface area contributed by atoms with Crippen molar-refractivity contribution in [3.05, 3.63) is 54.5 Å². The number of fused-ring (bicyclic) bond motifs is 1. The maximum atomic E-state index is 12.6. The van der Waals surface area contributed by atoms with Crippen LogP contribution >= 0.6 is 0 Å². The number of unbranched alkanes of at least 4 members (excludes halogenated alkanes) is 2. The summed E-state index contributed by atoms with van der Waals surface area (Å²) in [6.07, 6.45) is 0.239. The van der Waals surface area contributed by atoms with Crippen molar-refractivity contribution in [3.8, 4) is 11.3 Å². The predicted molar refractivity (Wildman–Crippen MR) is 120 cm³/mol. The van der Waals surface area contributed by atoms with Gasteiger partial charge in [-0.3, -0.25) is 4.79 Å². The number of nitrogens with zero attached hydrogens (tertiary/aromatic N) is 1.